The van der Waals surface area contributed by atoms with Gasteiger partial charge in [-0.25, -0.2) is 4.79 Å². The van der Waals surface area contributed by atoms with Crippen molar-refractivity contribution in [3.8, 4) is 0 Å². The molecule has 4 aliphatic carbocycles. The molecule has 162 valence electrons. The lowest BCUT2D eigenvalue weighted by Gasteiger charge is -2.58. The molecule has 4 bridgehead atoms. The number of hydrogen-bond acceptors (Lipinski definition) is 2. The standard InChI is InChI=1S/C29H34O2/c1-2-29(26-11-7-4-8-12-26,31-27(30)14-13-22-9-5-3-6-10-22)21-28-18-23-15-24(19-28)17-25(16-23)20-28/h3-14,23-25H,2,15-21H2,1H3. The van der Waals surface area contributed by atoms with Crippen LogP contribution in [0.4, 0.5) is 0 Å². The molecule has 0 aromatic heterocycles. The van der Waals surface area contributed by atoms with E-state index >= 15 is 0 Å². The Hall–Kier alpha value is -2.35. The van der Waals surface area contributed by atoms with Gasteiger partial charge in [-0.15, -0.1) is 0 Å². The van der Waals surface area contributed by atoms with E-state index in [4.69, 9.17) is 4.74 Å². The Bertz CT molecular complexity index is 894. The summed E-state index contributed by atoms with van der Waals surface area (Å²) < 4.78 is 6.41. The van der Waals surface area contributed by atoms with E-state index in [-0.39, 0.29) is 5.97 Å². The van der Waals surface area contributed by atoms with Crippen LogP contribution in [0.5, 0.6) is 0 Å². The summed E-state index contributed by atoms with van der Waals surface area (Å²) in [5, 5.41) is 0. The minimum atomic E-state index is -0.551. The number of ether oxygens (including phenoxy) is 1. The van der Waals surface area contributed by atoms with Gasteiger partial charge in [0.1, 0.15) is 5.60 Å². The first kappa shape index (κ1) is 20.5. The number of esters is 1. The number of hydrogen-bond donors (Lipinski definition) is 0. The van der Waals surface area contributed by atoms with E-state index in [0.29, 0.717) is 5.41 Å². The monoisotopic (exact) mass is 414 g/mol. The van der Waals surface area contributed by atoms with E-state index in [2.05, 4.69) is 31.2 Å². The van der Waals surface area contributed by atoms with Gasteiger partial charge >= 0.3 is 5.97 Å². The van der Waals surface area contributed by atoms with Crippen LogP contribution in [0, 0.1) is 23.2 Å². The fourth-order valence-electron chi connectivity index (χ4n) is 7.41. The SMILES string of the molecule is CCC(CC12CC3CC(CC(C3)C1)C2)(OC(=O)C=Cc1ccccc1)c1ccccc1. The van der Waals surface area contributed by atoms with Gasteiger partial charge in [-0.2, -0.15) is 0 Å². The second-order valence-electron chi connectivity index (χ2n) is 10.5. The third-order valence-corrected chi connectivity index (χ3v) is 8.20. The molecule has 0 radical (unpaired) electrons. The van der Waals surface area contributed by atoms with Crippen LogP contribution in [0.25, 0.3) is 6.08 Å². The molecule has 2 heteroatoms. The molecule has 2 nitrogen and oxygen atoms in total. The molecule has 2 aromatic rings. The number of benzene rings is 2. The Kier molecular flexibility index (Phi) is 5.50. The molecule has 0 aliphatic heterocycles. The minimum Gasteiger partial charge on any atom is -0.451 e. The molecule has 4 aliphatic rings. The summed E-state index contributed by atoms with van der Waals surface area (Å²) in [5.74, 6) is 2.44. The summed E-state index contributed by atoms with van der Waals surface area (Å²) >= 11 is 0. The van der Waals surface area contributed by atoms with Crippen LogP contribution in [0.3, 0.4) is 0 Å². The molecule has 0 spiro atoms. The molecule has 6 rings (SSSR count). The van der Waals surface area contributed by atoms with Crippen LogP contribution >= 0.6 is 0 Å². The van der Waals surface area contributed by atoms with Crippen molar-refractivity contribution in [2.24, 2.45) is 23.2 Å². The second-order valence-corrected chi connectivity index (χ2v) is 10.5. The first-order chi connectivity index (χ1) is 15.1. The predicted octanol–water partition coefficient (Wildman–Crippen LogP) is 7.16. The molecule has 0 N–H and O–H groups in total. The van der Waals surface area contributed by atoms with E-state index in [1.165, 1.54) is 38.5 Å². The van der Waals surface area contributed by atoms with Gasteiger partial charge in [-0.3, -0.25) is 0 Å². The first-order valence-corrected chi connectivity index (χ1v) is 12.1. The lowest BCUT2D eigenvalue weighted by Crippen LogP contribution is -2.49. The summed E-state index contributed by atoms with van der Waals surface area (Å²) in [6, 6.07) is 20.5. The summed E-state index contributed by atoms with van der Waals surface area (Å²) in [4.78, 5) is 13.0. The van der Waals surface area contributed by atoms with Crippen molar-refractivity contribution in [3.63, 3.8) is 0 Å². The number of carbonyl (C=O) groups is 1. The highest BCUT2D eigenvalue weighted by Gasteiger charge is 2.54. The first-order valence-electron chi connectivity index (χ1n) is 12.1. The Morgan fingerprint density at radius 2 is 1.48 bits per heavy atom. The third-order valence-electron chi connectivity index (χ3n) is 8.20. The largest absolute Gasteiger partial charge is 0.451 e. The van der Waals surface area contributed by atoms with Gasteiger partial charge in [0.25, 0.3) is 0 Å². The highest BCUT2D eigenvalue weighted by molar-refractivity contribution is 5.87. The van der Waals surface area contributed by atoms with Gasteiger partial charge in [-0.1, -0.05) is 67.6 Å². The van der Waals surface area contributed by atoms with Crippen LogP contribution in [0.15, 0.2) is 66.7 Å². The Labute approximate surface area is 186 Å². The zero-order valence-corrected chi connectivity index (χ0v) is 18.6. The Morgan fingerprint density at radius 3 is 2.03 bits per heavy atom. The molecular weight excluding hydrogens is 380 g/mol. The van der Waals surface area contributed by atoms with Crippen LogP contribution in [0.2, 0.25) is 0 Å². The normalized spacial score (nSPS) is 30.9. The average molecular weight is 415 g/mol. The third kappa shape index (κ3) is 4.22. The zero-order valence-electron chi connectivity index (χ0n) is 18.6. The second kappa shape index (κ2) is 8.30. The van der Waals surface area contributed by atoms with Gasteiger partial charge in [0.15, 0.2) is 0 Å². The zero-order chi connectivity index (χ0) is 21.3. The van der Waals surface area contributed by atoms with E-state index in [1.54, 1.807) is 6.08 Å². The van der Waals surface area contributed by atoms with Crippen molar-refractivity contribution >= 4 is 12.0 Å². The molecule has 0 heterocycles. The fraction of sp³-hybridized carbons (Fsp3) is 0.483. The van der Waals surface area contributed by atoms with Crippen LogP contribution < -0.4 is 0 Å². The number of carbonyl (C=O) groups excluding carboxylic acids is 1. The average Bonchev–Trinajstić information content (AvgIpc) is 2.77. The summed E-state index contributed by atoms with van der Waals surface area (Å²) in [6.07, 6.45) is 13.5. The molecule has 31 heavy (non-hydrogen) atoms. The lowest BCUT2D eigenvalue weighted by atomic mass is 9.47. The maximum Gasteiger partial charge on any atom is 0.331 e. The molecule has 1 unspecified atom stereocenters. The van der Waals surface area contributed by atoms with E-state index < -0.39 is 5.60 Å². The topological polar surface area (TPSA) is 26.3 Å². The molecule has 2 aromatic carbocycles. The molecule has 1 atom stereocenters. The minimum absolute atomic E-state index is 0.237. The molecule has 4 saturated carbocycles. The van der Waals surface area contributed by atoms with Gasteiger partial charge in [0, 0.05) is 6.08 Å². The van der Waals surface area contributed by atoms with Crippen LogP contribution in [-0.4, -0.2) is 5.97 Å². The van der Waals surface area contributed by atoms with Crippen molar-refractivity contribution in [2.75, 3.05) is 0 Å². The molecule has 4 fully saturated rings. The van der Waals surface area contributed by atoms with Crippen LogP contribution in [0.1, 0.15) is 69.4 Å². The van der Waals surface area contributed by atoms with E-state index in [0.717, 1.165) is 41.7 Å². The molecule has 0 saturated heterocycles. The van der Waals surface area contributed by atoms with E-state index in [9.17, 15) is 4.79 Å². The van der Waals surface area contributed by atoms with Crippen molar-refractivity contribution < 1.29 is 9.53 Å². The maximum atomic E-state index is 13.0. The smallest absolute Gasteiger partial charge is 0.331 e. The summed E-state index contributed by atoms with van der Waals surface area (Å²) in [5.41, 5.74) is 1.95. The van der Waals surface area contributed by atoms with Crippen molar-refractivity contribution in [2.45, 2.75) is 63.9 Å². The highest BCUT2D eigenvalue weighted by Crippen LogP contribution is 2.63. The Balaban J connectivity index is 1.43. The summed E-state index contributed by atoms with van der Waals surface area (Å²) in [7, 11) is 0. The van der Waals surface area contributed by atoms with Gasteiger partial charge < -0.3 is 4.74 Å². The lowest BCUT2D eigenvalue weighted by molar-refractivity contribution is -0.167. The molecule has 0 amide bonds. The fourth-order valence-corrected chi connectivity index (χ4v) is 7.41. The number of rotatable bonds is 7. The van der Waals surface area contributed by atoms with Crippen LogP contribution in [-0.2, 0) is 15.1 Å². The van der Waals surface area contributed by atoms with E-state index in [1.807, 2.05) is 42.5 Å². The quantitative estimate of drug-likeness (QED) is 0.355. The van der Waals surface area contributed by atoms with Crippen molar-refractivity contribution in [3.05, 3.63) is 77.9 Å². The van der Waals surface area contributed by atoms with Crippen molar-refractivity contribution in [1.82, 2.24) is 0 Å². The maximum absolute atomic E-state index is 13.0. The van der Waals surface area contributed by atoms with Gasteiger partial charge in [0.05, 0.1) is 0 Å². The Morgan fingerprint density at radius 1 is 0.935 bits per heavy atom. The predicted molar refractivity (Wildman–Crippen MR) is 125 cm³/mol. The molecular formula is C29H34O2. The highest BCUT2D eigenvalue weighted by atomic mass is 16.6. The summed E-state index contributed by atoms with van der Waals surface area (Å²) in [6.45, 7) is 2.18. The van der Waals surface area contributed by atoms with Gasteiger partial charge in [-0.05, 0) is 91.7 Å². The van der Waals surface area contributed by atoms with Crippen molar-refractivity contribution in [1.29, 1.82) is 0 Å². The van der Waals surface area contributed by atoms with Gasteiger partial charge in [0.2, 0.25) is 0 Å².